The molecule has 2 aromatic rings. The van der Waals surface area contributed by atoms with Crippen molar-refractivity contribution < 1.29 is 19.5 Å². The Morgan fingerprint density at radius 1 is 1.23 bits per heavy atom. The van der Waals surface area contributed by atoms with Gasteiger partial charge in [0.25, 0.3) is 5.91 Å². The van der Waals surface area contributed by atoms with Crippen molar-refractivity contribution in [3.63, 3.8) is 0 Å². The van der Waals surface area contributed by atoms with Crippen LogP contribution in [0, 0.1) is 13.8 Å². The number of carbonyl (C=O) groups excluding carboxylic acids is 2. The molecule has 1 aliphatic heterocycles. The molecular formula is C19H21N3O4. The molecule has 136 valence electrons. The van der Waals surface area contributed by atoms with Gasteiger partial charge in [-0.05, 0) is 37.5 Å². The number of aromatic nitrogens is 2. The van der Waals surface area contributed by atoms with E-state index in [2.05, 4.69) is 5.10 Å². The van der Waals surface area contributed by atoms with Crippen molar-refractivity contribution in [1.82, 2.24) is 14.7 Å². The van der Waals surface area contributed by atoms with Crippen molar-refractivity contribution in [1.29, 1.82) is 0 Å². The van der Waals surface area contributed by atoms with Crippen LogP contribution in [0.3, 0.4) is 0 Å². The largest absolute Gasteiger partial charge is 0.481 e. The van der Waals surface area contributed by atoms with Gasteiger partial charge < -0.3 is 5.11 Å². The van der Waals surface area contributed by atoms with E-state index < -0.39 is 17.8 Å². The number of rotatable bonds is 5. The molecule has 1 unspecified atom stereocenters. The molecule has 2 heterocycles. The van der Waals surface area contributed by atoms with Crippen LogP contribution in [0.25, 0.3) is 0 Å². The third-order valence-electron chi connectivity index (χ3n) is 5.00. The molecule has 0 spiro atoms. The standard InChI is InChI=1S/C19H21N3O4/c1-11-13(12(2)21(3)20-11)8-9-22-18(25)15-7-5-4-6-14(15)16(19(22)26)10-17(23)24/h4-7,16H,8-10H2,1-3H3,(H,23,24). The monoisotopic (exact) mass is 355 g/mol. The number of carbonyl (C=O) groups is 3. The highest BCUT2D eigenvalue weighted by molar-refractivity contribution is 6.12. The molecule has 0 bridgehead atoms. The Morgan fingerprint density at radius 3 is 2.54 bits per heavy atom. The molecule has 26 heavy (non-hydrogen) atoms. The molecule has 0 fully saturated rings. The van der Waals surface area contributed by atoms with Gasteiger partial charge in [0.1, 0.15) is 0 Å². The number of fused-ring (bicyclic) bond motifs is 1. The number of hydrogen-bond donors (Lipinski definition) is 1. The van der Waals surface area contributed by atoms with Crippen molar-refractivity contribution >= 4 is 17.8 Å². The van der Waals surface area contributed by atoms with Gasteiger partial charge in [-0.3, -0.25) is 24.0 Å². The van der Waals surface area contributed by atoms with Gasteiger partial charge in [0.15, 0.2) is 0 Å². The van der Waals surface area contributed by atoms with E-state index in [4.69, 9.17) is 0 Å². The molecule has 1 aliphatic rings. The number of imide groups is 1. The highest BCUT2D eigenvalue weighted by atomic mass is 16.4. The summed E-state index contributed by atoms with van der Waals surface area (Å²) in [4.78, 5) is 38.0. The van der Waals surface area contributed by atoms with Crippen molar-refractivity contribution in [2.24, 2.45) is 7.05 Å². The molecule has 2 amide bonds. The Labute approximate surface area is 151 Å². The summed E-state index contributed by atoms with van der Waals surface area (Å²) in [6.07, 6.45) is 0.162. The Morgan fingerprint density at radius 2 is 1.92 bits per heavy atom. The number of aryl methyl sites for hydroxylation is 2. The second kappa shape index (κ2) is 6.74. The zero-order valence-corrected chi connectivity index (χ0v) is 15.0. The summed E-state index contributed by atoms with van der Waals surface area (Å²) >= 11 is 0. The molecule has 0 aliphatic carbocycles. The van der Waals surface area contributed by atoms with Crippen molar-refractivity contribution in [3.05, 3.63) is 52.3 Å². The maximum atomic E-state index is 12.9. The first-order valence-corrected chi connectivity index (χ1v) is 8.46. The maximum Gasteiger partial charge on any atom is 0.304 e. The van der Waals surface area contributed by atoms with Crippen molar-refractivity contribution in [2.45, 2.75) is 32.6 Å². The van der Waals surface area contributed by atoms with Gasteiger partial charge in [0.2, 0.25) is 5.91 Å². The summed E-state index contributed by atoms with van der Waals surface area (Å²) in [5.74, 6) is -2.72. The molecule has 1 aromatic carbocycles. The molecule has 7 heteroatoms. The van der Waals surface area contributed by atoms with E-state index in [-0.39, 0.29) is 18.9 Å². The van der Waals surface area contributed by atoms with Gasteiger partial charge in [0, 0.05) is 24.8 Å². The summed E-state index contributed by atoms with van der Waals surface area (Å²) in [6.45, 7) is 4.04. The van der Waals surface area contributed by atoms with Gasteiger partial charge in [-0.1, -0.05) is 18.2 Å². The Bertz CT molecular complexity index is 900. The highest BCUT2D eigenvalue weighted by Crippen LogP contribution is 2.32. The first-order valence-electron chi connectivity index (χ1n) is 8.46. The van der Waals surface area contributed by atoms with Crippen LogP contribution in [0.2, 0.25) is 0 Å². The molecule has 0 saturated carbocycles. The van der Waals surface area contributed by atoms with E-state index in [1.54, 1.807) is 28.9 Å². The summed E-state index contributed by atoms with van der Waals surface area (Å²) in [5, 5.41) is 13.5. The van der Waals surface area contributed by atoms with Gasteiger partial charge in [-0.2, -0.15) is 5.10 Å². The predicted octanol–water partition coefficient (Wildman–Crippen LogP) is 1.82. The molecule has 0 saturated heterocycles. The van der Waals surface area contributed by atoms with E-state index in [0.29, 0.717) is 17.5 Å². The van der Waals surface area contributed by atoms with Crippen LogP contribution >= 0.6 is 0 Å². The van der Waals surface area contributed by atoms with Crippen LogP contribution in [0.5, 0.6) is 0 Å². The molecule has 0 radical (unpaired) electrons. The lowest BCUT2D eigenvalue weighted by Crippen LogP contribution is -2.46. The Kier molecular flexibility index (Phi) is 4.63. The highest BCUT2D eigenvalue weighted by Gasteiger charge is 2.39. The van der Waals surface area contributed by atoms with E-state index >= 15 is 0 Å². The normalized spacial score (nSPS) is 16.7. The number of nitrogens with zero attached hydrogens (tertiary/aromatic N) is 3. The average molecular weight is 355 g/mol. The van der Waals surface area contributed by atoms with Gasteiger partial charge in [0.05, 0.1) is 18.0 Å². The third kappa shape index (κ3) is 3.00. The third-order valence-corrected chi connectivity index (χ3v) is 5.00. The van der Waals surface area contributed by atoms with E-state index in [0.717, 1.165) is 17.0 Å². The summed E-state index contributed by atoms with van der Waals surface area (Å²) < 4.78 is 1.77. The predicted molar refractivity (Wildman–Crippen MR) is 93.9 cm³/mol. The topological polar surface area (TPSA) is 92.5 Å². The summed E-state index contributed by atoms with van der Waals surface area (Å²) in [5.41, 5.74) is 3.75. The molecule has 1 aromatic heterocycles. The second-order valence-corrected chi connectivity index (χ2v) is 6.56. The van der Waals surface area contributed by atoms with Crippen LogP contribution in [-0.4, -0.2) is 44.1 Å². The fraction of sp³-hybridized carbons (Fsp3) is 0.368. The minimum absolute atomic E-state index is 0.204. The molecule has 1 atom stereocenters. The number of aliphatic carboxylic acids is 1. The lowest BCUT2D eigenvalue weighted by Gasteiger charge is -2.32. The number of carboxylic acid groups (broad SMARTS) is 1. The first kappa shape index (κ1) is 17.8. The zero-order chi connectivity index (χ0) is 19.0. The number of carboxylic acids is 1. The maximum absolute atomic E-state index is 12.9. The fourth-order valence-corrected chi connectivity index (χ4v) is 3.55. The van der Waals surface area contributed by atoms with Crippen LogP contribution in [0.15, 0.2) is 24.3 Å². The molecular weight excluding hydrogens is 334 g/mol. The number of benzene rings is 1. The van der Waals surface area contributed by atoms with E-state index in [9.17, 15) is 19.5 Å². The molecule has 3 rings (SSSR count). The van der Waals surface area contributed by atoms with E-state index in [1.165, 1.54) is 4.90 Å². The summed E-state index contributed by atoms with van der Waals surface area (Å²) in [7, 11) is 1.85. The van der Waals surface area contributed by atoms with Crippen molar-refractivity contribution in [2.75, 3.05) is 6.54 Å². The number of amides is 2. The minimum Gasteiger partial charge on any atom is -0.481 e. The zero-order valence-electron chi connectivity index (χ0n) is 15.0. The Balaban J connectivity index is 1.91. The van der Waals surface area contributed by atoms with Crippen molar-refractivity contribution in [3.8, 4) is 0 Å². The lowest BCUT2D eigenvalue weighted by molar-refractivity contribution is -0.141. The minimum atomic E-state index is -1.06. The van der Waals surface area contributed by atoms with Crippen LogP contribution < -0.4 is 0 Å². The van der Waals surface area contributed by atoms with Crippen LogP contribution in [-0.2, 0) is 23.1 Å². The smallest absolute Gasteiger partial charge is 0.304 e. The van der Waals surface area contributed by atoms with Crippen LogP contribution in [0.4, 0.5) is 0 Å². The quantitative estimate of drug-likeness (QED) is 0.826. The van der Waals surface area contributed by atoms with E-state index in [1.807, 2.05) is 20.9 Å². The SMILES string of the molecule is Cc1nn(C)c(C)c1CCN1C(=O)c2ccccc2C(CC(=O)O)C1=O. The lowest BCUT2D eigenvalue weighted by atomic mass is 9.86. The van der Waals surface area contributed by atoms with Gasteiger partial charge in [-0.15, -0.1) is 0 Å². The first-order chi connectivity index (χ1) is 12.3. The van der Waals surface area contributed by atoms with Gasteiger partial charge in [-0.25, -0.2) is 0 Å². The number of hydrogen-bond acceptors (Lipinski definition) is 4. The fourth-order valence-electron chi connectivity index (χ4n) is 3.55. The summed E-state index contributed by atoms with van der Waals surface area (Å²) in [6, 6.07) is 6.74. The van der Waals surface area contributed by atoms with Gasteiger partial charge >= 0.3 is 5.97 Å². The second-order valence-electron chi connectivity index (χ2n) is 6.56. The molecule has 1 N–H and O–H groups in total. The van der Waals surface area contributed by atoms with Crippen LogP contribution in [0.1, 0.15) is 45.2 Å². The Hall–Kier alpha value is -2.96. The molecule has 7 nitrogen and oxygen atoms in total. The average Bonchev–Trinajstić information content (AvgIpc) is 2.84.